The van der Waals surface area contributed by atoms with Gasteiger partial charge in [0.25, 0.3) is 0 Å². The third-order valence-corrected chi connectivity index (χ3v) is 4.07. The number of esters is 1. The SMILES string of the molecule is CC(C)C(=O)OC(ON(C=O)CCC(C(=O)O)c1ccc(Cl)cc1)C(C)C. The standard InChI is InChI=1S/C19H26ClNO6/c1-12(2)18(25)26-19(13(3)4)27-21(11-22)10-9-16(17(23)24)14-5-7-15(20)8-6-14/h5-8,11-13,16,19H,9-10H2,1-4H3,(H,23,24). The van der Waals surface area contributed by atoms with E-state index in [4.69, 9.17) is 21.2 Å². The first-order chi connectivity index (χ1) is 12.6. The van der Waals surface area contributed by atoms with Crippen molar-refractivity contribution in [1.29, 1.82) is 0 Å². The fourth-order valence-electron chi connectivity index (χ4n) is 2.18. The van der Waals surface area contributed by atoms with Crippen molar-refractivity contribution in [3.8, 4) is 0 Å². The molecule has 0 aromatic heterocycles. The van der Waals surface area contributed by atoms with Crippen molar-refractivity contribution in [3.05, 3.63) is 34.9 Å². The number of nitrogens with zero attached hydrogens (tertiary/aromatic N) is 1. The molecule has 0 fully saturated rings. The van der Waals surface area contributed by atoms with E-state index < -0.39 is 24.1 Å². The zero-order chi connectivity index (χ0) is 20.6. The van der Waals surface area contributed by atoms with Crippen LogP contribution in [-0.2, 0) is 24.0 Å². The van der Waals surface area contributed by atoms with E-state index in [0.717, 1.165) is 5.06 Å². The van der Waals surface area contributed by atoms with E-state index in [1.165, 1.54) is 0 Å². The normalized spacial score (nSPS) is 13.3. The van der Waals surface area contributed by atoms with Gasteiger partial charge in [-0.05, 0) is 24.1 Å². The fourth-order valence-corrected chi connectivity index (χ4v) is 2.30. The van der Waals surface area contributed by atoms with Gasteiger partial charge in [0.2, 0.25) is 12.7 Å². The number of carbonyl (C=O) groups is 3. The average molecular weight is 400 g/mol. The van der Waals surface area contributed by atoms with Crippen molar-refractivity contribution in [2.45, 2.75) is 46.3 Å². The van der Waals surface area contributed by atoms with E-state index in [0.29, 0.717) is 17.0 Å². The van der Waals surface area contributed by atoms with Gasteiger partial charge in [-0.1, -0.05) is 51.4 Å². The van der Waals surface area contributed by atoms with Crippen molar-refractivity contribution in [2.24, 2.45) is 11.8 Å². The fraction of sp³-hybridized carbons (Fsp3) is 0.526. The molecule has 0 saturated heterocycles. The second-order valence-corrected chi connectivity index (χ2v) is 7.22. The number of hydroxylamine groups is 2. The van der Waals surface area contributed by atoms with Gasteiger partial charge in [0.15, 0.2) is 0 Å². The summed E-state index contributed by atoms with van der Waals surface area (Å²) in [6.45, 7) is 6.98. The highest BCUT2D eigenvalue weighted by Crippen LogP contribution is 2.23. The molecule has 27 heavy (non-hydrogen) atoms. The largest absolute Gasteiger partial charge is 0.481 e. The Kier molecular flexibility index (Phi) is 9.25. The molecule has 0 saturated carbocycles. The minimum absolute atomic E-state index is 0.0194. The Morgan fingerprint density at radius 2 is 1.78 bits per heavy atom. The lowest BCUT2D eigenvalue weighted by molar-refractivity contribution is -0.271. The maximum atomic E-state index is 11.8. The van der Waals surface area contributed by atoms with Crippen molar-refractivity contribution in [2.75, 3.05) is 6.54 Å². The molecule has 1 rings (SSSR count). The molecule has 8 heteroatoms. The first-order valence-electron chi connectivity index (χ1n) is 8.73. The van der Waals surface area contributed by atoms with Crippen LogP contribution in [0.25, 0.3) is 0 Å². The number of hydrogen-bond donors (Lipinski definition) is 1. The molecule has 0 heterocycles. The molecule has 0 aliphatic carbocycles. The Morgan fingerprint density at radius 3 is 2.22 bits per heavy atom. The maximum absolute atomic E-state index is 11.8. The number of carboxylic acid groups (broad SMARTS) is 1. The summed E-state index contributed by atoms with van der Waals surface area (Å²) in [7, 11) is 0. The Balaban J connectivity index is 2.76. The van der Waals surface area contributed by atoms with Gasteiger partial charge in [0.1, 0.15) is 0 Å². The van der Waals surface area contributed by atoms with E-state index >= 15 is 0 Å². The number of amides is 1. The molecule has 0 radical (unpaired) electrons. The maximum Gasteiger partial charge on any atom is 0.311 e. The summed E-state index contributed by atoms with van der Waals surface area (Å²) in [5, 5.41) is 11.0. The Labute approximate surface area is 164 Å². The monoisotopic (exact) mass is 399 g/mol. The average Bonchev–Trinajstić information content (AvgIpc) is 2.60. The number of carbonyl (C=O) groups excluding carboxylic acids is 2. The quantitative estimate of drug-likeness (QED) is 0.265. The molecule has 1 N–H and O–H groups in total. The Morgan fingerprint density at radius 1 is 1.19 bits per heavy atom. The number of ether oxygens (including phenoxy) is 1. The predicted molar refractivity (Wildman–Crippen MR) is 99.9 cm³/mol. The van der Waals surface area contributed by atoms with Crippen LogP contribution < -0.4 is 0 Å². The lowest BCUT2D eigenvalue weighted by Crippen LogP contribution is -2.37. The molecule has 7 nitrogen and oxygen atoms in total. The number of aliphatic carboxylic acids is 1. The van der Waals surface area contributed by atoms with Crippen LogP contribution in [0.2, 0.25) is 5.02 Å². The van der Waals surface area contributed by atoms with E-state index in [9.17, 15) is 19.5 Å². The van der Waals surface area contributed by atoms with Gasteiger partial charge in [0, 0.05) is 17.5 Å². The summed E-state index contributed by atoms with van der Waals surface area (Å²) in [6.07, 6.45) is -0.373. The van der Waals surface area contributed by atoms with Crippen molar-refractivity contribution in [1.82, 2.24) is 5.06 Å². The second kappa shape index (κ2) is 10.9. The lowest BCUT2D eigenvalue weighted by Gasteiger charge is -2.27. The second-order valence-electron chi connectivity index (χ2n) is 6.79. The van der Waals surface area contributed by atoms with Crippen LogP contribution in [0.3, 0.4) is 0 Å². The summed E-state index contributed by atoms with van der Waals surface area (Å²) in [6, 6.07) is 6.49. The number of benzene rings is 1. The lowest BCUT2D eigenvalue weighted by atomic mass is 9.96. The van der Waals surface area contributed by atoms with Crippen molar-refractivity contribution >= 4 is 29.9 Å². The Hall–Kier alpha value is -2.12. The van der Waals surface area contributed by atoms with Crippen LogP contribution in [0, 0.1) is 11.8 Å². The van der Waals surface area contributed by atoms with Crippen LogP contribution in [0.15, 0.2) is 24.3 Å². The molecule has 1 aromatic rings. The molecule has 2 atom stereocenters. The third-order valence-electron chi connectivity index (χ3n) is 3.81. The van der Waals surface area contributed by atoms with Gasteiger partial charge in [-0.15, -0.1) is 0 Å². The molecule has 2 unspecified atom stereocenters. The van der Waals surface area contributed by atoms with E-state index in [1.807, 2.05) is 0 Å². The number of carboxylic acids is 1. The van der Waals surface area contributed by atoms with Gasteiger partial charge < -0.3 is 9.84 Å². The summed E-state index contributed by atoms with van der Waals surface area (Å²) in [4.78, 5) is 40.2. The molecule has 1 amide bonds. The zero-order valence-corrected chi connectivity index (χ0v) is 16.7. The van der Waals surface area contributed by atoms with Crippen LogP contribution in [0.1, 0.15) is 45.6 Å². The summed E-state index contributed by atoms with van der Waals surface area (Å²) in [5.41, 5.74) is 0.574. The number of halogens is 1. The zero-order valence-electron chi connectivity index (χ0n) is 15.9. The minimum Gasteiger partial charge on any atom is -0.481 e. The smallest absolute Gasteiger partial charge is 0.311 e. The third kappa shape index (κ3) is 7.56. The molecular weight excluding hydrogens is 374 g/mol. The van der Waals surface area contributed by atoms with Gasteiger partial charge >= 0.3 is 11.9 Å². The van der Waals surface area contributed by atoms with E-state index in [2.05, 4.69) is 0 Å². The molecule has 0 aliphatic rings. The van der Waals surface area contributed by atoms with Gasteiger partial charge in [-0.3, -0.25) is 14.4 Å². The van der Waals surface area contributed by atoms with Crippen molar-refractivity contribution < 1.29 is 29.1 Å². The summed E-state index contributed by atoms with van der Waals surface area (Å²) < 4.78 is 5.27. The molecular formula is C19H26ClNO6. The summed E-state index contributed by atoms with van der Waals surface area (Å²) in [5.74, 6) is -2.81. The highest BCUT2D eigenvalue weighted by Gasteiger charge is 2.26. The van der Waals surface area contributed by atoms with Crippen LogP contribution >= 0.6 is 11.6 Å². The highest BCUT2D eigenvalue weighted by atomic mass is 35.5. The minimum atomic E-state index is -1.02. The Bertz CT molecular complexity index is 632. The van der Waals surface area contributed by atoms with E-state index in [-0.39, 0.29) is 24.8 Å². The molecule has 1 aromatic carbocycles. The van der Waals surface area contributed by atoms with Crippen molar-refractivity contribution in [3.63, 3.8) is 0 Å². The number of rotatable bonds is 11. The highest BCUT2D eigenvalue weighted by molar-refractivity contribution is 6.30. The van der Waals surface area contributed by atoms with Gasteiger partial charge in [-0.2, -0.15) is 0 Å². The predicted octanol–water partition coefficient (Wildman–Crippen LogP) is 3.47. The number of hydrogen-bond acceptors (Lipinski definition) is 5. The molecule has 0 bridgehead atoms. The molecule has 0 spiro atoms. The van der Waals surface area contributed by atoms with Crippen LogP contribution in [0.5, 0.6) is 0 Å². The van der Waals surface area contributed by atoms with Gasteiger partial charge in [-0.25, -0.2) is 9.90 Å². The molecule has 150 valence electrons. The first kappa shape index (κ1) is 22.9. The van der Waals surface area contributed by atoms with E-state index in [1.54, 1.807) is 52.0 Å². The summed E-state index contributed by atoms with van der Waals surface area (Å²) >= 11 is 5.83. The van der Waals surface area contributed by atoms with Gasteiger partial charge in [0.05, 0.1) is 11.8 Å². The van der Waals surface area contributed by atoms with Crippen LogP contribution in [0.4, 0.5) is 0 Å². The topological polar surface area (TPSA) is 93.1 Å². The first-order valence-corrected chi connectivity index (χ1v) is 9.11. The molecule has 0 aliphatic heterocycles. The van der Waals surface area contributed by atoms with Crippen LogP contribution in [-0.4, -0.2) is 41.4 Å².